The van der Waals surface area contributed by atoms with Gasteiger partial charge in [-0.1, -0.05) is 158 Å². The van der Waals surface area contributed by atoms with Crippen LogP contribution in [0.2, 0.25) is 0 Å². The topological polar surface area (TPSA) is 43.9 Å². The zero-order valence-corrected chi connectivity index (χ0v) is 33.2. The quantitative estimate of drug-likeness (QED) is 0.174. The number of para-hydroxylation sites is 2. The van der Waals surface area contributed by atoms with Gasteiger partial charge in [0.05, 0.1) is 26.7 Å². The van der Waals surface area contributed by atoms with Crippen LogP contribution in [0.1, 0.15) is 0 Å². The number of nitrogens with zero attached hydrogens (tertiary/aromatic N) is 3. The molecule has 59 heavy (non-hydrogen) atoms. The average molecular weight is 819 g/mol. The second-order valence-corrected chi connectivity index (χ2v) is 15.9. The van der Waals surface area contributed by atoms with Crippen LogP contribution in [0.5, 0.6) is 0 Å². The lowest BCUT2D eigenvalue weighted by atomic mass is 9.96. The number of halogens is 1. The van der Waals surface area contributed by atoms with Gasteiger partial charge in [-0.3, -0.25) is 4.57 Å². The smallest absolute Gasteiger partial charge is 0.235 e. The Labute approximate surface area is 347 Å². The van der Waals surface area contributed by atoms with E-state index >= 15 is 0 Å². The summed E-state index contributed by atoms with van der Waals surface area (Å²) in [5.74, 6) is 1.48. The molecule has 276 valence electrons. The first-order chi connectivity index (χ1) is 29.2. The van der Waals surface area contributed by atoms with Crippen LogP contribution in [-0.2, 0) is 0 Å². The van der Waals surface area contributed by atoms with Gasteiger partial charge in [-0.15, -0.1) is 0 Å². The van der Waals surface area contributed by atoms with Crippen LogP contribution in [0.4, 0.5) is 0 Å². The van der Waals surface area contributed by atoms with E-state index in [1.165, 1.54) is 27.3 Å². The molecule has 9 aromatic carbocycles. The largest absolute Gasteiger partial charge is 0.455 e. The van der Waals surface area contributed by atoms with Crippen LogP contribution in [0.3, 0.4) is 0 Å². The maximum absolute atomic E-state index is 6.51. The fraction of sp³-hybridized carbons (Fsp3) is 0. The van der Waals surface area contributed by atoms with Gasteiger partial charge < -0.3 is 4.42 Å². The van der Waals surface area contributed by atoms with Crippen molar-refractivity contribution in [1.29, 1.82) is 0 Å². The lowest BCUT2D eigenvalue weighted by Gasteiger charge is -2.13. The van der Waals surface area contributed by atoms with E-state index in [1.807, 2.05) is 6.07 Å². The lowest BCUT2D eigenvalue weighted by Crippen LogP contribution is -2.03. The molecule has 0 saturated heterocycles. The van der Waals surface area contributed by atoms with E-state index < -0.39 is 0 Å². The SMILES string of the molecule is Brc1c(-c2cccc3ccccc23)oc2ccc(-c3ccc4c(c3)c3ccccc3n4-c3nc(-c4ccc(-c5cccc6ccccc56)cc4)c4ccccc4n3)cc12. The van der Waals surface area contributed by atoms with E-state index in [0.29, 0.717) is 5.95 Å². The minimum absolute atomic E-state index is 0.639. The highest BCUT2D eigenvalue weighted by atomic mass is 79.9. The first kappa shape index (κ1) is 33.8. The van der Waals surface area contributed by atoms with E-state index in [0.717, 1.165) is 87.2 Å². The number of rotatable bonds is 5. The highest BCUT2D eigenvalue weighted by molar-refractivity contribution is 9.10. The monoisotopic (exact) mass is 817 g/mol. The van der Waals surface area contributed by atoms with Crippen LogP contribution < -0.4 is 0 Å². The van der Waals surface area contributed by atoms with Crippen LogP contribution in [0, 0.1) is 0 Å². The Hall–Kier alpha value is -7.34. The molecule has 0 aliphatic carbocycles. The first-order valence-electron chi connectivity index (χ1n) is 19.8. The van der Waals surface area contributed by atoms with Gasteiger partial charge in [-0.25, -0.2) is 9.97 Å². The van der Waals surface area contributed by atoms with E-state index in [-0.39, 0.29) is 0 Å². The highest BCUT2D eigenvalue weighted by Crippen LogP contribution is 2.43. The third-order valence-corrected chi connectivity index (χ3v) is 12.5. The number of hydrogen-bond donors (Lipinski definition) is 0. The highest BCUT2D eigenvalue weighted by Gasteiger charge is 2.20. The number of aromatic nitrogens is 3. The predicted molar refractivity (Wildman–Crippen MR) is 248 cm³/mol. The molecule has 0 aliphatic heterocycles. The summed E-state index contributed by atoms with van der Waals surface area (Å²) in [6.45, 7) is 0. The van der Waals surface area contributed by atoms with Crippen molar-refractivity contribution in [3.8, 4) is 50.8 Å². The summed E-state index contributed by atoms with van der Waals surface area (Å²) in [7, 11) is 0. The van der Waals surface area contributed by atoms with Gasteiger partial charge in [0.25, 0.3) is 0 Å². The average Bonchev–Trinajstić information content (AvgIpc) is 3.81. The summed E-state index contributed by atoms with van der Waals surface area (Å²) in [6, 6.07) is 68.6. The summed E-state index contributed by atoms with van der Waals surface area (Å²) < 4.78 is 9.68. The van der Waals surface area contributed by atoms with Gasteiger partial charge in [0.2, 0.25) is 5.95 Å². The second kappa shape index (κ2) is 13.4. The molecule has 0 amide bonds. The van der Waals surface area contributed by atoms with Crippen molar-refractivity contribution in [2.45, 2.75) is 0 Å². The predicted octanol–water partition coefficient (Wildman–Crippen LogP) is 15.2. The molecule has 0 N–H and O–H groups in total. The molecule has 5 heteroatoms. The molecule has 0 fully saturated rings. The molecule has 12 aromatic rings. The van der Waals surface area contributed by atoms with Crippen molar-refractivity contribution in [1.82, 2.24) is 14.5 Å². The van der Waals surface area contributed by atoms with E-state index in [9.17, 15) is 0 Å². The summed E-state index contributed by atoms with van der Waals surface area (Å²) in [6.07, 6.45) is 0. The van der Waals surface area contributed by atoms with Crippen molar-refractivity contribution in [2.75, 3.05) is 0 Å². The van der Waals surface area contributed by atoms with Gasteiger partial charge in [0, 0.05) is 32.7 Å². The summed E-state index contributed by atoms with van der Waals surface area (Å²) >= 11 is 3.93. The van der Waals surface area contributed by atoms with Gasteiger partial charge in [0.15, 0.2) is 0 Å². The zero-order chi connectivity index (χ0) is 39.0. The Morgan fingerprint density at radius 1 is 0.407 bits per heavy atom. The first-order valence-corrected chi connectivity index (χ1v) is 20.6. The fourth-order valence-corrected chi connectivity index (χ4v) is 9.49. The molecule has 0 bridgehead atoms. The minimum Gasteiger partial charge on any atom is -0.455 e. The second-order valence-electron chi connectivity index (χ2n) is 15.1. The molecule has 0 atom stereocenters. The Balaban J connectivity index is 0.977. The minimum atomic E-state index is 0.639. The Kier molecular flexibility index (Phi) is 7.65. The Morgan fingerprint density at radius 2 is 0.966 bits per heavy atom. The van der Waals surface area contributed by atoms with Crippen molar-refractivity contribution in [3.63, 3.8) is 0 Å². The van der Waals surface area contributed by atoms with Crippen LogP contribution in [-0.4, -0.2) is 14.5 Å². The summed E-state index contributed by atoms with van der Waals surface area (Å²) in [4.78, 5) is 10.6. The number of furan rings is 1. The van der Waals surface area contributed by atoms with Crippen LogP contribution in [0.15, 0.2) is 203 Å². The van der Waals surface area contributed by atoms with Crippen molar-refractivity contribution in [2.24, 2.45) is 0 Å². The van der Waals surface area contributed by atoms with E-state index in [2.05, 4.69) is 209 Å². The number of hydrogen-bond acceptors (Lipinski definition) is 3. The van der Waals surface area contributed by atoms with Crippen LogP contribution in [0.25, 0.3) is 116 Å². The molecule has 4 nitrogen and oxygen atoms in total. The van der Waals surface area contributed by atoms with E-state index in [1.54, 1.807) is 0 Å². The van der Waals surface area contributed by atoms with Gasteiger partial charge >= 0.3 is 0 Å². The molecule has 3 heterocycles. The molecule has 0 radical (unpaired) electrons. The standard InChI is InChI=1S/C54H32BrN3O/c55-51-46-32-38(28-30-50(46)59-53(51)43-20-10-14-34-12-2-4-16-41(34)43)37-27-29-49-45(31-37)42-17-6-8-22-48(42)58(49)54-56-47-21-7-5-18-44(47)52(57-54)36-25-23-35(24-26-36)40-19-9-13-33-11-1-3-15-39(33)40/h1-32H. The maximum Gasteiger partial charge on any atom is 0.235 e. The third-order valence-electron chi connectivity index (χ3n) is 11.7. The molecule has 0 unspecified atom stereocenters. The number of fused-ring (bicyclic) bond motifs is 7. The molecule has 3 aromatic heterocycles. The molecule has 0 spiro atoms. The van der Waals surface area contributed by atoms with E-state index in [4.69, 9.17) is 14.4 Å². The number of benzene rings is 9. The van der Waals surface area contributed by atoms with Gasteiger partial charge in [0.1, 0.15) is 11.3 Å². The Morgan fingerprint density at radius 3 is 1.75 bits per heavy atom. The fourth-order valence-electron chi connectivity index (χ4n) is 8.88. The maximum atomic E-state index is 6.51. The Bertz CT molecular complexity index is 3630. The molecule has 0 saturated carbocycles. The normalized spacial score (nSPS) is 11.8. The van der Waals surface area contributed by atoms with Gasteiger partial charge in [-0.2, -0.15) is 0 Å². The molecule has 12 rings (SSSR count). The molecular weight excluding hydrogens is 787 g/mol. The summed E-state index contributed by atoms with van der Waals surface area (Å²) in [5, 5.41) is 9.16. The third kappa shape index (κ3) is 5.43. The lowest BCUT2D eigenvalue weighted by molar-refractivity contribution is 0.630. The van der Waals surface area contributed by atoms with Crippen LogP contribution >= 0.6 is 15.9 Å². The van der Waals surface area contributed by atoms with Crippen molar-refractivity contribution >= 4 is 81.2 Å². The van der Waals surface area contributed by atoms with Crippen molar-refractivity contribution < 1.29 is 4.42 Å². The molecular formula is C54H32BrN3O. The summed E-state index contributed by atoms with van der Waals surface area (Å²) in [5.41, 5.74) is 11.5. The van der Waals surface area contributed by atoms with Gasteiger partial charge in [-0.05, 0) is 96.1 Å². The zero-order valence-electron chi connectivity index (χ0n) is 31.6. The van der Waals surface area contributed by atoms with Crippen molar-refractivity contribution in [3.05, 3.63) is 199 Å². The molecule has 0 aliphatic rings.